The predicted octanol–water partition coefficient (Wildman–Crippen LogP) is 1.17. The fourth-order valence-corrected chi connectivity index (χ4v) is 3.17. The SMILES string of the molecule is O=C(O)C(F)(F)F.[2H][13C]([2H])([2H])n1c(=O)cc(N2CCC[C@@H](N)C2)n(Cc2cc(F)ccc2C#N)c1=O. The summed E-state index contributed by atoms with van der Waals surface area (Å²) >= 11 is 0. The molecule has 13 heteroatoms. The van der Waals surface area contributed by atoms with Crippen LogP contribution in [0.2, 0.25) is 0 Å². The second-order valence-corrected chi connectivity index (χ2v) is 7.11. The molecule has 1 aromatic carbocycles. The van der Waals surface area contributed by atoms with Gasteiger partial charge in [-0.25, -0.2) is 14.0 Å². The lowest BCUT2D eigenvalue weighted by molar-refractivity contribution is -0.192. The van der Waals surface area contributed by atoms with Gasteiger partial charge in [-0.2, -0.15) is 18.4 Å². The maximum absolute atomic E-state index is 13.8. The summed E-state index contributed by atoms with van der Waals surface area (Å²) in [6.07, 6.45) is -3.56. The third-order valence-electron chi connectivity index (χ3n) is 4.71. The summed E-state index contributed by atoms with van der Waals surface area (Å²) in [6, 6.07) is 6.36. The predicted molar refractivity (Wildman–Crippen MR) is 109 cm³/mol. The molecule has 0 unspecified atom stereocenters. The first kappa shape index (κ1) is 21.2. The zero-order valence-electron chi connectivity index (χ0n) is 20.0. The lowest BCUT2D eigenvalue weighted by atomic mass is 10.1. The van der Waals surface area contributed by atoms with Crippen molar-refractivity contribution in [2.24, 2.45) is 12.7 Å². The Morgan fingerprint density at radius 2 is 2.03 bits per heavy atom. The minimum atomic E-state index is -5.08. The topological polar surface area (TPSA) is 134 Å². The molecule has 1 aliphatic rings. The smallest absolute Gasteiger partial charge is 0.475 e. The summed E-state index contributed by atoms with van der Waals surface area (Å²) < 4.78 is 69.3. The minimum Gasteiger partial charge on any atom is -0.475 e. The number of hydrogen-bond acceptors (Lipinski definition) is 6. The molecule has 2 aromatic rings. The van der Waals surface area contributed by atoms with Crippen LogP contribution in [0.4, 0.5) is 23.4 Å². The molecule has 0 aliphatic carbocycles. The van der Waals surface area contributed by atoms with E-state index in [4.69, 9.17) is 19.7 Å². The highest BCUT2D eigenvalue weighted by molar-refractivity contribution is 5.73. The van der Waals surface area contributed by atoms with E-state index in [-0.39, 0.29) is 34.1 Å². The molecule has 2 heterocycles. The number of nitriles is 1. The van der Waals surface area contributed by atoms with Crippen molar-refractivity contribution in [3.63, 3.8) is 0 Å². The zero-order chi connectivity index (χ0) is 27.4. The summed E-state index contributed by atoms with van der Waals surface area (Å²) in [6.45, 7) is -2.34. The van der Waals surface area contributed by atoms with Gasteiger partial charge in [-0.15, -0.1) is 0 Å². The highest BCUT2D eigenvalue weighted by Crippen LogP contribution is 2.19. The second kappa shape index (κ2) is 10.3. The molecule has 0 bridgehead atoms. The zero-order valence-corrected chi connectivity index (χ0v) is 17.0. The number of anilines is 1. The number of benzene rings is 1. The summed E-state index contributed by atoms with van der Waals surface area (Å²) in [4.78, 5) is 36.1. The van der Waals surface area contributed by atoms with Crippen LogP contribution in [0.25, 0.3) is 0 Å². The van der Waals surface area contributed by atoms with Gasteiger partial charge < -0.3 is 15.7 Å². The number of carbonyl (C=O) groups is 1. The van der Waals surface area contributed by atoms with Crippen LogP contribution in [0.5, 0.6) is 0 Å². The molecule has 0 radical (unpaired) electrons. The Hall–Kier alpha value is -3.66. The van der Waals surface area contributed by atoms with Gasteiger partial charge in [0.25, 0.3) is 5.56 Å². The number of aliphatic carboxylic acids is 1. The molecule has 0 spiro atoms. The summed E-state index contributed by atoms with van der Waals surface area (Å²) in [5, 5.41) is 16.4. The lowest BCUT2D eigenvalue weighted by Crippen LogP contribution is -2.47. The number of nitrogens with zero attached hydrogens (tertiary/aromatic N) is 4. The first-order valence-electron chi connectivity index (χ1n) is 10.9. The number of nitrogens with two attached hydrogens (primary N) is 1. The number of carboxylic acid groups (broad SMARTS) is 1. The summed E-state index contributed by atoms with van der Waals surface area (Å²) in [5.41, 5.74) is 4.34. The van der Waals surface area contributed by atoms with Crippen LogP contribution in [-0.4, -0.2) is 45.5 Å². The monoisotopic (exact) mass is 475 g/mol. The molecule has 0 amide bonds. The number of aromatic nitrogens is 2. The molecule has 178 valence electrons. The number of halogens is 4. The molecule has 33 heavy (non-hydrogen) atoms. The van der Waals surface area contributed by atoms with E-state index < -0.39 is 36.2 Å². The van der Waals surface area contributed by atoms with Crippen LogP contribution in [0.1, 0.15) is 28.1 Å². The van der Waals surface area contributed by atoms with Crippen molar-refractivity contribution >= 4 is 11.8 Å². The Labute approximate surface area is 189 Å². The largest absolute Gasteiger partial charge is 0.490 e. The lowest BCUT2D eigenvalue weighted by Gasteiger charge is -2.34. The third-order valence-corrected chi connectivity index (χ3v) is 4.71. The van der Waals surface area contributed by atoms with Crippen molar-refractivity contribution in [2.45, 2.75) is 31.6 Å². The first-order valence-corrected chi connectivity index (χ1v) is 9.42. The Morgan fingerprint density at radius 1 is 1.36 bits per heavy atom. The van der Waals surface area contributed by atoms with Gasteiger partial charge in [0.15, 0.2) is 0 Å². The van der Waals surface area contributed by atoms with Crippen molar-refractivity contribution < 1.29 is 31.6 Å². The average molecular weight is 475 g/mol. The quantitative estimate of drug-likeness (QED) is 0.503. The van der Waals surface area contributed by atoms with Gasteiger partial charge in [-0.1, -0.05) is 0 Å². The maximum Gasteiger partial charge on any atom is 0.490 e. The Balaban J connectivity index is 0.000000572. The molecular weight excluding hydrogens is 451 g/mol. The molecule has 1 aliphatic heterocycles. The molecule has 1 fully saturated rings. The standard InChI is InChI=1S/C18H20FN5O2.C2HF3O2/c1-22-17(25)8-16(23-6-2-3-15(21)11-23)24(18(22)26)10-13-7-14(19)5-4-12(13)9-20;3-2(4,5)1(6)7/h4-5,7-8,15H,2-3,6,10-11,21H2,1H3;(H,6,7)/t15-;/m1./s1/i1+1D3;. The van der Waals surface area contributed by atoms with Gasteiger partial charge in [0, 0.05) is 36.3 Å². The van der Waals surface area contributed by atoms with E-state index in [1.54, 1.807) is 4.90 Å². The van der Waals surface area contributed by atoms with E-state index in [1.807, 2.05) is 6.07 Å². The van der Waals surface area contributed by atoms with E-state index in [1.165, 1.54) is 6.07 Å². The van der Waals surface area contributed by atoms with Gasteiger partial charge in [0.1, 0.15) is 11.6 Å². The highest BCUT2D eigenvalue weighted by atomic mass is 19.4. The normalized spacial score (nSPS) is 17.6. The van der Waals surface area contributed by atoms with Crippen LogP contribution in [0, 0.1) is 17.1 Å². The molecule has 1 atom stereocenters. The Morgan fingerprint density at radius 3 is 2.58 bits per heavy atom. The van der Waals surface area contributed by atoms with Gasteiger partial charge in [-0.3, -0.25) is 13.9 Å². The van der Waals surface area contributed by atoms with Crippen LogP contribution in [-0.2, 0) is 18.3 Å². The summed E-state index contributed by atoms with van der Waals surface area (Å²) in [5.74, 6) is -3.16. The third kappa shape index (κ3) is 6.42. The first-order chi connectivity index (χ1) is 16.6. The second-order valence-electron chi connectivity index (χ2n) is 7.11. The van der Waals surface area contributed by atoms with Gasteiger partial charge in [-0.05, 0) is 36.6 Å². The van der Waals surface area contributed by atoms with Gasteiger partial charge in [0.2, 0.25) is 0 Å². The number of carboxylic acids is 1. The molecule has 3 N–H and O–H groups in total. The van der Waals surface area contributed by atoms with Crippen LogP contribution in [0.15, 0.2) is 33.9 Å². The van der Waals surface area contributed by atoms with Crippen molar-refractivity contribution in [2.75, 3.05) is 18.0 Å². The Bertz CT molecular complexity index is 1280. The van der Waals surface area contributed by atoms with Crippen molar-refractivity contribution in [3.8, 4) is 6.07 Å². The van der Waals surface area contributed by atoms with Gasteiger partial charge >= 0.3 is 17.8 Å². The molecule has 3 rings (SSSR count). The van der Waals surface area contributed by atoms with E-state index in [9.17, 15) is 32.4 Å². The number of rotatable bonds is 3. The van der Waals surface area contributed by atoms with Crippen molar-refractivity contribution in [1.82, 2.24) is 9.13 Å². The van der Waals surface area contributed by atoms with E-state index in [0.29, 0.717) is 13.1 Å². The summed E-state index contributed by atoms with van der Waals surface area (Å²) in [7, 11) is 0. The van der Waals surface area contributed by atoms with Crippen molar-refractivity contribution in [1.29, 1.82) is 5.26 Å². The average Bonchev–Trinajstić information content (AvgIpc) is 2.74. The fraction of sp³-hybridized carbons (Fsp3) is 0.400. The number of piperidine rings is 1. The minimum absolute atomic E-state index is 0.145. The highest BCUT2D eigenvalue weighted by Gasteiger charge is 2.38. The van der Waals surface area contributed by atoms with E-state index in [2.05, 4.69) is 0 Å². The molecular formula is C20H21F4N5O4. The van der Waals surface area contributed by atoms with E-state index >= 15 is 0 Å². The maximum atomic E-state index is 13.8. The number of hydrogen-bond donors (Lipinski definition) is 2. The van der Waals surface area contributed by atoms with E-state index in [0.717, 1.165) is 35.6 Å². The Kier molecular flexibility index (Phi) is 6.62. The number of alkyl halides is 3. The van der Waals surface area contributed by atoms with Gasteiger partial charge in [0.05, 0.1) is 18.2 Å². The molecule has 0 saturated carbocycles. The van der Waals surface area contributed by atoms with Crippen LogP contribution in [0.3, 0.4) is 0 Å². The van der Waals surface area contributed by atoms with Crippen LogP contribution >= 0.6 is 0 Å². The fourth-order valence-electron chi connectivity index (χ4n) is 3.17. The van der Waals surface area contributed by atoms with Crippen molar-refractivity contribution in [3.05, 3.63) is 62.0 Å². The molecule has 1 saturated heterocycles. The van der Waals surface area contributed by atoms with Crippen LogP contribution < -0.4 is 21.9 Å². The molecule has 1 aromatic heterocycles. The molecule has 9 nitrogen and oxygen atoms in total.